The van der Waals surface area contributed by atoms with Crippen LogP contribution in [0.15, 0.2) is 24.3 Å². The molecule has 0 saturated heterocycles. The third-order valence-corrected chi connectivity index (χ3v) is 1.89. The molecule has 0 spiro atoms. The second-order valence-corrected chi connectivity index (χ2v) is 2.97. The van der Waals surface area contributed by atoms with Crippen LogP contribution in [0.1, 0.15) is 26.2 Å². The van der Waals surface area contributed by atoms with E-state index in [1.165, 1.54) is 0 Å². The standard InChI is InChI=1S/C9H15N/c1-2-6-9(10)7-4-3-5-8-9/h3-5,7H,2,6,8,10H2,1H3. The predicted molar refractivity (Wildman–Crippen MR) is 44.7 cm³/mol. The Hall–Kier alpha value is -0.560. The summed E-state index contributed by atoms with van der Waals surface area (Å²) in [6, 6.07) is 0. The van der Waals surface area contributed by atoms with Crippen molar-refractivity contribution < 1.29 is 0 Å². The molecule has 0 fully saturated rings. The number of rotatable bonds is 2. The number of hydrogen-bond donors (Lipinski definition) is 1. The van der Waals surface area contributed by atoms with Gasteiger partial charge in [0.1, 0.15) is 0 Å². The third-order valence-electron chi connectivity index (χ3n) is 1.89. The van der Waals surface area contributed by atoms with Gasteiger partial charge < -0.3 is 5.73 Å². The molecule has 56 valence electrons. The molecule has 0 aromatic carbocycles. The van der Waals surface area contributed by atoms with Gasteiger partial charge in [0.25, 0.3) is 0 Å². The van der Waals surface area contributed by atoms with Crippen LogP contribution >= 0.6 is 0 Å². The Morgan fingerprint density at radius 2 is 2.30 bits per heavy atom. The molecule has 0 radical (unpaired) electrons. The zero-order valence-electron chi connectivity index (χ0n) is 6.51. The Balaban J connectivity index is 2.52. The molecule has 0 aliphatic heterocycles. The van der Waals surface area contributed by atoms with Crippen LogP contribution in [0.2, 0.25) is 0 Å². The summed E-state index contributed by atoms with van der Waals surface area (Å²) in [7, 11) is 0. The van der Waals surface area contributed by atoms with Crippen molar-refractivity contribution in [2.24, 2.45) is 5.73 Å². The fraction of sp³-hybridized carbons (Fsp3) is 0.556. The molecular weight excluding hydrogens is 122 g/mol. The van der Waals surface area contributed by atoms with E-state index in [0.717, 1.165) is 19.3 Å². The molecule has 0 aromatic rings. The maximum absolute atomic E-state index is 6.03. The molecule has 0 saturated carbocycles. The maximum atomic E-state index is 6.03. The van der Waals surface area contributed by atoms with E-state index in [9.17, 15) is 0 Å². The van der Waals surface area contributed by atoms with Crippen molar-refractivity contribution in [3.8, 4) is 0 Å². The molecule has 0 aromatic heterocycles. The smallest absolute Gasteiger partial charge is 0.0377 e. The summed E-state index contributed by atoms with van der Waals surface area (Å²) >= 11 is 0. The summed E-state index contributed by atoms with van der Waals surface area (Å²) in [6.45, 7) is 2.17. The highest BCUT2D eigenvalue weighted by Crippen LogP contribution is 2.19. The Bertz CT molecular complexity index is 158. The van der Waals surface area contributed by atoms with Crippen LogP contribution < -0.4 is 5.73 Å². The topological polar surface area (TPSA) is 26.0 Å². The first-order chi connectivity index (χ1) is 4.77. The molecule has 0 amide bonds. The van der Waals surface area contributed by atoms with Crippen LogP contribution in [0.4, 0.5) is 0 Å². The van der Waals surface area contributed by atoms with E-state index in [1.54, 1.807) is 0 Å². The average Bonchev–Trinajstić information content (AvgIpc) is 1.89. The summed E-state index contributed by atoms with van der Waals surface area (Å²) in [6.07, 6.45) is 11.6. The normalized spacial score (nSPS) is 31.0. The van der Waals surface area contributed by atoms with Gasteiger partial charge in [0.2, 0.25) is 0 Å². The minimum Gasteiger partial charge on any atom is -0.322 e. The number of hydrogen-bond acceptors (Lipinski definition) is 1. The molecule has 1 rings (SSSR count). The van der Waals surface area contributed by atoms with E-state index in [-0.39, 0.29) is 5.54 Å². The largest absolute Gasteiger partial charge is 0.322 e. The molecule has 0 bridgehead atoms. The summed E-state index contributed by atoms with van der Waals surface area (Å²) in [4.78, 5) is 0. The Morgan fingerprint density at radius 3 is 2.80 bits per heavy atom. The summed E-state index contributed by atoms with van der Waals surface area (Å²) in [5.74, 6) is 0. The van der Waals surface area contributed by atoms with Gasteiger partial charge in [-0.3, -0.25) is 0 Å². The third kappa shape index (κ3) is 1.71. The number of nitrogens with two attached hydrogens (primary N) is 1. The van der Waals surface area contributed by atoms with Crippen LogP contribution in [0, 0.1) is 0 Å². The van der Waals surface area contributed by atoms with E-state index < -0.39 is 0 Å². The van der Waals surface area contributed by atoms with Crippen molar-refractivity contribution in [3.63, 3.8) is 0 Å². The SMILES string of the molecule is CCCC1(N)C=CC=CC1. The van der Waals surface area contributed by atoms with Crippen molar-refractivity contribution in [1.29, 1.82) is 0 Å². The quantitative estimate of drug-likeness (QED) is 0.619. The van der Waals surface area contributed by atoms with Gasteiger partial charge in [-0.2, -0.15) is 0 Å². The maximum Gasteiger partial charge on any atom is 0.0377 e. The van der Waals surface area contributed by atoms with Gasteiger partial charge in [-0.1, -0.05) is 37.6 Å². The highest BCUT2D eigenvalue weighted by atomic mass is 14.7. The first-order valence-electron chi connectivity index (χ1n) is 3.90. The highest BCUT2D eigenvalue weighted by molar-refractivity contribution is 5.19. The van der Waals surface area contributed by atoms with Crippen molar-refractivity contribution in [2.45, 2.75) is 31.7 Å². The van der Waals surface area contributed by atoms with E-state index in [1.807, 2.05) is 6.08 Å². The lowest BCUT2D eigenvalue weighted by molar-refractivity contribution is 0.482. The molecule has 1 heteroatoms. The van der Waals surface area contributed by atoms with Crippen LogP contribution in [0.3, 0.4) is 0 Å². The Labute approximate surface area is 62.6 Å². The van der Waals surface area contributed by atoms with Gasteiger partial charge in [-0.05, 0) is 12.8 Å². The van der Waals surface area contributed by atoms with Crippen molar-refractivity contribution in [2.75, 3.05) is 0 Å². The van der Waals surface area contributed by atoms with E-state index in [4.69, 9.17) is 5.73 Å². The van der Waals surface area contributed by atoms with Crippen LogP contribution in [0.25, 0.3) is 0 Å². The Kier molecular flexibility index (Phi) is 2.28. The van der Waals surface area contributed by atoms with Gasteiger partial charge in [-0.15, -0.1) is 0 Å². The van der Waals surface area contributed by atoms with Crippen molar-refractivity contribution >= 4 is 0 Å². The lowest BCUT2D eigenvalue weighted by Crippen LogP contribution is -2.37. The molecule has 10 heavy (non-hydrogen) atoms. The van der Waals surface area contributed by atoms with Crippen LogP contribution in [-0.4, -0.2) is 5.54 Å². The summed E-state index contributed by atoms with van der Waals surface area (Å²) < 4.78 is 0. The van der Waals surface area contributed by atoms with Crippen LogP contribution in [-0.2, 0) is 0 Å². The zero-order valence-corrected chi connectivity index (χ0v) is 6.51. The predicted octanol–water partition coefficient (Wildman–Crippen LogP) is 2.00. The average molecular weight is 137 g/mol. The lowest BCUT2D eigenvalue weighted by atomic mass is 9.88. The second kappa shape index (κ2) is 3.02. The lowest BCUT2D eigenvalue weighted by Gasteiger charge is -2.25. The van der Waals surface area contributed by atoms with E-state index in [2.05, 4.69) is 25.2 Å². The first-order valence-corrected chi connectivity index (χ1v) is 3.90. The number of allylic oxidation sites excluding steroid dienone is 2. The van der Waals surface area contributed by atoms with Gasteiger partial charge in [0.15, 0.2) is 0 Å². The first kappa shape index (κ1) is 7.55. The monoisotopic (exact) mass is 137 g/mol. The molecule has 1 aliphatic carbocycles. The van der Waals surface area contributed by atoms with Crippen molar-refractivity contribution in [1.82, 2.24) is 0 Å². The second-order valence-electron chi connectivity index (χ2n) is 2.97. The van der Waals surface area contributed by atoms with Gasteiger partial charge >= 0.3 is 0 Å². The molecule has 1 unspecified atom stereocenters. The Morgan fingerprint density at radius 1 is 1.50 bits per heavy atom. The molecular formula is C9H15N. The van der Waals surface area contributed by atoms with Crippen LogP contribution in [0.5, 0.6) is 0 Å². The fourth-order valence-electron chi connectivity index (χ4n) is 1.33. The molecule has 1 atom stereocenters. The summed E-state index contributed by atoms with van der Waals surface area (Å²) in [5, 5.41) is 0. The molecule has 1 nitrogen and oxygen atoms in total. The molecule has 0 heterocycles. The van der Waals surface area contributed by atoms with E-state index >= 15 is 0 Å². The van der Waals surface area contributed by atoms with E-state index in [0.29, 0.717) is 0 Å². The molecule has 1 aliphatic rings. The highest BCUT2D eigenvalue weighted by Gasteiger charge is 2.19. The van der Waals surface area contributed by atoms with Gasteiger partial charge in [0.05, 0.1) is 0 Å². The van der Waals surface area contributed by atoms with Gasteiger partial charge in [-0.25, -0.2) is 0 Å². The fourth-order valence-corrected chi connectivity index (χ4v) is 1.33. The minimum absolute atomic E-state index is 0.0382. The van der Waals surface area contributed by atoms with Crippen molar-refractivity contribution in [3.05, 3.63) is 24.3 Å². The van der Waals surface area contributed by atoms with Gasteiger partial charge in [0, 0.05) is 5.54 Å². The molecule has 2 N–H and O–H groups in total. The minimum atomic E-state index is -0.0382. The zero-order chi connectivity index (χ0) is 7.45. The summed E-state index contributed by atoms with van der Waals surface area (Å²) in [5.41, 5.74) is 5.99.